The maximum Gasteiger partial charge on any atom is 0.261 e. The highest BCUT2D eigenvalue weighted by molar-refractivity contribution is 5.95. The Kier molecular flexibility index (Phi) is 7.74. The lowest BCUT2D eigenvalue weighted by Gasteiger charge is -2.08. The summed E-state index contributed by atoms with van der Waals surface area (Å²) in [5.41, 5.74) is 0.0370. The molecule has 1 aliphatic heterocycles. The fourth-order valence-corrected chi connectivity index (χ4v) is 2.58. The van der Waals surface area contributed by atoms with Crippen molar-refractivity contribution in [2.24, 2.45) is 0 Å². The van der Waals surface area contributed by atoms with Crippen LogP contribution >= 0.6 is 0 Å². The molecule has 1 unspecified atom stereocenters. The second kappa shape index (κ2) is 10.2. The molecular weight excluding hydrogens is 360 g/mol. The summed E-state index contributed by atoms with van der Waals surface area (Å²) in [5.74, 6) is -0.109. The first-order valence-corrected chi connectivity index (χ1v) is 8.95. The van der Waals surface area contributed by atoms with E-state index in [1.165, 1.54) is 12.3 Å². The van der Waals surface area contributed by atoms with Gasteiger partial charge in [0.05, 0.1) is 0 Å². The number of aromatic amines is 1. The van der Waals surface area contributed by atoms with Crippen molar-refractivity contribution in [1.29, 1.82) is 0 Å². The molecule has 1 aromatic rings. The summed E-state index contributed by atoms with van der Waals surface area (Å²) in [5, 5.41) is 8.14. The Morgan fingerprint density at radius 1 is 1.29 bits per heavy atom. The van der Waals surface area contributed by atoms with Crippen molar-refractivity contribution in [2.45, 2.75) is 32.8 Å². The van der Waals surface area contributed by atoms with Gasteiger partial charge in [0, 0.05) is 28.5 Å². The van der Waals surface area contributed by atoms with Gasteiger partial charge in [0.1, 0.15) is 5.56 Å². The van der Waals surface area contributed by atoms with Crippen LogP contribution < -0.4 is 21.3 Å². The van der Waals surface area contributed by atoms with E-state index >= 15 is 0 Å². The number of carbonyl (C=O) groups excluding carboxylic acids is 1. The molecule has 1 amide bonds. The SMILES string of the molecule is C=C/C=c1/[nH]cc(C(=O)NC(=C/CC)/C=C2/OOOC2CC)c(=O)/c1=C/C=C. The van der Waals surface area contributed by atoms with Gasteiger partial charge in [-0.1, -0.05) is 45.2 Å². The fourth-order valence-electron chi connectivity index (χ4n) is 2.58. The molecule has 0 bridgehead atoms. The summed E-state index contributed by atoms with van der Waals surface area (Å²) in [6.07, 6.45) is 12.0. The van der Waals surface area contributed by atoms with E-state index in [1.54, 1.807) is 30.4 Å². The summed E-state index contributed by atoms with van der Waals surface area (Å²) in [7, 11) is 0. The van der Waals surface area contributed by atoms with Crippen LogP contribution in [0.25, 0.3) is 12.2 Å². The van der Waals surface area contributed by atoms with Crippen LogP contribution in [0, 0.1) is 0 Å². The molecule has 7 heteroatoms. The Labute approximate surface area is 162 Å². The van der Waals surface area contributed by atoms with Crippen LogP contribution in [-0.4, -0.2) is 17.0 Å². The third-order valence-electron chi connectivity index (χ3n) is 3.92. The topological polar surface area (TPSA) is 89.7 Å². The third-order valence-corrected chi connectivity index (χ3v) is 3.92. The fraction of sp³-hybridized carbons (Fsp3) is 0.238. The summed E-state index contributed by atoms with van der Waals surface area (Å²) in [6.45, 7) is 11.1. The van der Waals surface area contributed by atoms with Crippen LogP contribution in [0.15, 0.2) is 59.9 Å². The van der Waals surface area contributed by atoms with E-state index in [0.717, 1.165) is 0 Å². The number of carbonyl (C=O) groups is 1. The second-order valence-corrected chi connectivity index (χ2v) is 5.88. The molecular formula is C21H24N2O5. The Hall–Kier alpha value is -3.16. The summed E-state index contributed by atoms with van der Waals surface area (Å²) >= 11 is 0. The van der Waals surface area contributed by atoms with E-state index in [0.29, 0.717) is 34.9 Å². The zero-order valence-corrected chi connectivity index (χ0v) is 16.0. The molecule has 0 saturated carbocycles. The predicted octanol–water partition coefficient (Wildman–Crippen LogP) is 1.89. The first kappa shape index (κ1) is 21.1. The standard InChI is InChI=1S/C21H24N2O5/c1-5-9-14(12-19-18(8-4)26-28-27-19)23-21(25)16-13-22-17(11-7-3)15(10-6-2)20(16)24/h6-7,9-13,18,22H,2-3,5,8H2,1,4H3,(H,23,25)/b14-9+,15-10+,17-11+,19-12+. The summed E-state index contributed by atoms with van der Waals surface area (Å²) < 4.78 is 0. The van der Waals surface area contributed by atoms with E-state index in [-0.39, 0.29) is 11.7 Å². The van der Waals surface area contributed by atoms with E-state index in [1.807, 2.05) is 13.8 Å². The summed E-state index contributed by atoms with van der Waals surface area (Å²) in [6, 6.07) is 0. The number of H-pyrrole nitrogens is 1. The molecule has 28 heavy (non-hydrogen) atoms. The Balaban J connectivity index is 2.40. The van der Waals surface area contributed by atoms with E-state index in [2.05, 4.69) is 28.5 Å². The number of rotatable bonds is 7. The Morgan fingerprint density at radius 3 is 2.68 bits per heavy atom. The number of hydrogen-bond acceptors (Lipinski definition) is 5. The molecule has 7 nitrogen and oxygen atoms in total. The maximum atomic E-state index is 12.8. The lowest BCUT2D eigenvalue weighted by molar-refractivity contribution is -0.454. The minimum atomic E-state index is -0.547. The van der Waals surface area contributed by atoms with Crippen LogP contribution in [-0.2, 0) is 14.8 Å². The number of allylic oxidation sites excluding steroid dienone is 4. The third kappa shape index (κ3) is 4.97. The van der Waals surface area contributed by atoms with E-state index in [4.69, 9.17) is 9.78 Å². The molecule has 0 spiro atoms. The number of amides is 1. The maximum absolute atomic E-state index is 12.8. The molecule has 148 valence electrons. The van der Waals surface area contributed by atoms with Gasteiger partial charge in [-0.15, -0.1) is 0 Å². The van der Waals surface area contributed by atoms with Crippen molar-refractivity contribution in [1.82, 2.24) is 10.3 Å². The van der Waals surface area contributed by atoms with Crippen LogP contribution in [0.2, 0.25) is 0 Å². The lowest BCUT2D eigenvalue weighted by atomic mass is 10.1. The van der Waals surface area contributed by atoms with E-state index in [9.17, 15) is 9.59 Å². The molecule has 1 fully saturated rings. The molecule has 2 rings (SSSR count). The molecule has 1 aliphatic rings. The molecule has 1 aromatic heterocycles. The van der Waals surface area contributed by atoms with Gasteiger partial charge in [-0.3, -0.25) is 9.59 Å². The van der Waals surface area contributed by atoms with Gasteiger partial charge >= 0.3 is 0 Å². The van der Waals surface area contributed by atoms with Crippen molar-refractivity contribution in [3.63, 3.8) is 0 Å². The van der Waals surface area contributed by atoms with Gasteiger partial charge in [0.25, 0.3) is 5.91 Å². The molecule has 0 radical (unpaired) electrons. The molecule has 1 atom stereocenters. The van der Waals surface area contributed by atoms with Crippen molar-refractivity contribution < 1.29 is 19.6 Å². The van der Waals surface area contributed by atoms with Crippen LogP contribution in [0.1, 0.15) is 37.0 Å². The summed E-state index contributed by atoms with van der Waals surface area (Å²) in [4.78, 5) is 38.4. The average Bonchev–Trinajstić information content (AvgIpc) is 3.12. The quantitative estimate of drug-likeness (QED) is 0.701. The Bertz CT molecular complexity index is 985. The van der Waals surface area contributed by atoms with Crippen LogP contribution in [0.5, 0.6) is 0 Å². The first-order valence-electron chi connectivity index (χ1n) is 8.95. The van der Waals surface area contributed by atoms with Gasteiger partial charge in [-0.2, -0.15) is 4.89 Å². The average molecular weight is 384 g/mol. The zero-order chi connectivity index (χ0) is 20.5. The second-order valence-electron chi connectivity index (χ2n) is 5.88. The van der Waals surface area contributed by atoms with Gasteiger partial charge in [-0.05, 0) is 30.0 Å². The molecule has 0 aliphatic carbocycles. The van der Waals surface area contributed by atoms with Gasteiger partial charge in [-0.25, -0.2) is 0 Å². The first-order chi connectivity index (χ1) is 13.5. The molecule has 1 saturated heterocycles. The normalized spacial score (nSPS) is 19.6. The molecule has 0 aromatic carbocycles. The van der Waals surface area contributed by atoms with Crippen molar-refractivity contribution in [3.8, 4) is 0 Å². The lowest BCUT2D eigenvalue weighted by Crippen LogP contribution is -2.45. The van der Waals surface area contributed by atoms with Crippen molar-refractivity contribution >= 4 is 18.1 Å². The van der Waals surface area contributed by atoms with Gasteiger partial charge in [0.2, 0.25) is 5.43 Å². The van der Waals surface area contributed by atoms with Crippen LogP contribution in [0.3, 0.4) is 0 Å². The highest BCUT2D eigenvalue weighted by Crippen LogP contribution is 2.22. The van der Waals surface area contributed by atoms with Gasteiger partial charge < -0.3 is 15.2 Å². The van der Waals surface area contributed by atoms with Crippen LogP contribution in [0.4, 0.5) is 0 Å². The minimum absolute atomic E-state index is 0.0263. The van der Waals surface area contributed by atoms with Crippen molar-refractivity contribution in [2.75, 3.05) is 0 Å². The smallest absolute Gasteiger partial charge is 0.261 e. The number of pyridine rings is 1. The van der Waals surface area contributed by atoms with Gasteiger partial charge in [0.15, 0.2) is 11.9 Å². The zero-order valence-electron chi connectivity index (χ0n) is 16.0. The predicted molar refractivity (Wildman–Crippen MR) is 107 cm³/mol. The number of nitrogens with one attached hydrogen (secondary N) is 2. The highest BCUT2D eigenvalue weighted by Gasteiger charge is 2.25. The molecule has 2 heterocycles. The molecule has 2 N–H and O–H groups in total. The largest absolute Gasteiger partial charge is 0.360 e. The Morgan fingerprint density at radius 2 is 2.04 bits per heavy atom. The number of hydrogen-bond donors (Lipinski definition) is 2. The van der Waals surface area contributed by atoms with Crippen molar-refractivity contribution in [3.05, 3.63) is 81.5 Å². The minimum Gasteiger partial charge on any atom is -0.360 e. The monoisotopic (exact) mass is 384 g/mol. The highest BCUT2D eigenvalue weighted by atomic mass is 17.5. The number of aromatic nitrogens is 1. The van der Waals surface area contributed by atoms with E-state index < -0.39 is 11.3 Å².